The van der Waals surface area contributed by atoms with Crippen molar-refractivity contribution in [2.45, 2.75) is 26.7 Å². The van der Waals surface area contributed by atoms with Gasteiger partial charge in [-0.15, -0.1) is 0 Å². The largest absolute Gasteiger partial charge is 0.481 e. The lowest BCUT2D eigenvalue weighted by atomic mass is 9.74. The van der Waals surface area contributed by atoms with Crippen molar-refractivity contribution in [3.05, 3.63) is 0 Å². The number of carboxylic acid groups (broad SMARTS) is 1. The minimum absolute atomic E-state index is 0.00579. The lowest BCUT2D eigenvalue weighted by Gasteiger charge is -2.29. The number of carboxylic acids is 1. The zero-order valence-corrected chi connectivity index (χ0v) is 7.76. The van der Waals surface area contributed by atoms with Crippen LogP contribution in [-0.2, 0) is 4.79 Å². The molecular weight excluding hydrogens is 154 g/mol. The third-order valence-corrected chi connectivity index (χ3v) is 3.27. The van der Waals surface area contributed by atoms with E-state index in [1.54, 1.807) is 0 Å². The first kappa shape index (κ1) is 9.52. The summed E-state index contributed by atoms with van der Waals surface area (Å²) in [5.41, 5.74) is 0.00579. The molecule has 1 aliphatic rings. The molecule has 1 atom stereocenters. The number of rotatable bonds is 3. The van der Waals surface area contributed by atoms with Crippen LogP contribution in [0.2, 0.25) is 0 Å². The van der Waals surface area contributed by atoms with E-state index < -0.39 is 5.97 Å². The molecule has 12 heavy (non-hydrogen) atoms. The molecule has 3 nitrogen and oxygen atoms in total. The van der Waals surface area contributed by atoms with Gasteiger partial charge in [-0.3, -0.25) is 4.79 Å². The molecule has 0 amide bonds. The lowest BCUT2D eigenvalue weighted by molar-refractivity contribution is -0.144. The normalized spacial score (nSPS) is 27.3. The highest BCUT2D eigenvalue weighted by Gasteiger charge is 2.44. The molecule has 70 valence electrons. The molecule has 1 unspecified atom stereocenters. The van der Waals surface area contributed by atoms with Gasteiger partial charge in [0.2, 0.25) is 0 Å². The molecule has 1 saturated heterocycles. The molecular formula is C9H17NO2. The maximum absolute atomic E-state index is 10.9. The summed E-state index contributed by atoms with van der Waals surface area (Å²) >= 11 is 0. The molecule has 3 heteroatoms. The topological polar surface area (TPSA) is 49.3 Å². The summed E-state index contributed by atoms with van der Waals surface area (Å²) in [6, 6.07) is 0. The smallest absolute Gasteiger partial charge is 0.308 e. The third-order valence-electron chi connectivity index (χ3n) is 3.27. The van der Waals surface area contributed by atoms with Crippen molar-refractivity contribution in [3.63, 3.8) is 0 Å². The first-order valence-corrected chi connectivity index (χ1v) is 4.60. The second-order valence-corrected chi connectivity index (χ2v) is 3.59. The molecule has 1 rings (SSSR count). The number of carbonyl (C=O) groups is 1. The van der Waals surface area contributed by atoms with Crippen LogP contribution in [-0.4, -0.2) is 24.2 Å². The van der Waals surface area contributed by atoms with Gasteiger partial charge in [-0.1, -0.05) is 13.8 Å². The molecule has 0 aromatic carbocycles. The van der Waals surface area contributed by atoms with Crippen LogP contribution >= 0.6 is 0 Å². The fourth-order valence-corrected chi connectivity index (χ4v) is 2.15. The Morgan fingerprint density at radius 3 is 2.50 bits per heavy atom. The quantitative estimate of drug-likeness (QED) is 0.668. The molecule has 1 fully saturated rings. The van der Waals surface area contributed by atoms with Gasteiger partial charge in [0, 0.05) is 13.1 Å². The van der Waals surface area contributed by atoms with Crippen LogP contribution in [0, 0.1) is 11.3 Å². The van der Waals surface area contributed by atoms with Gasteiger partial charge in [0.05, 0.1) is 5.92 Å². The van der Waals surface area contributed by atoms with Crippen LogP contribution in [0.5, 0.6) is 0 Å². The molecule has 2 N–H and O–H groups in total. The van der Waals surface area contributed by atoms with Crippen LogP contribution < -0.4 is 5.32 Å². The predicted octanol–water partition coefficient (Wildman–Crippen LogP) is 1.10. The van der Waals surface area contributed by atoms with Crippen molar-refractivity contribution in [2.75, 3.05) is 13.1 Å². The molecule has 0 spiro atoms. The molecule has 0 bridgehead atoms. The minimum atomic E-state index is -0.649. The fourth-order valence-electron chi connectivity index (χ4n) is 2.15. The van der Waals surface area contributed by atoms with E-state index >= 15 is 0 Å². The van der Waals surface area contributed by atoms with Crippen LogP contribution in [0.25, 0.3) is 0 Å². The van der Waals surface area contributed by atoms with E-state index in [2.05, 4.69) is 19.2 Å². The van der Waals surface area contributed by atoms with Crippen LogP contribution in [0.15, 0.2) is 0 Å². The van der Waals surface area contributed by atoms with E-state index in [1.165, 1.54) is 0 Å². The van der Waals surface area contributed by atoms with Gasteiger partial charge < -0.3 is 10.4 Å². The summed E-state index contributed by atoms with van der Waals surface area (Å²) in [6.45, 7) is 5.65. The van der Waals surface area contributed by atoms with Crippen molar-refractivity contribution in [1.82, 2.24) is 5.32 Å². The lowest BCUT2D eigenvalue weighted by Crippen LogP contribution is -2.33. The van der Waals surface area contributed by atoms with E-state index in [1.807, 2.05) is 0 Å². The van der Waals surface area contributed by atoms with E-state index in [9.17, 15) is 4.79 Å². The van der Waals surface area contributed by atoms with Gasteiger partial charge in [-0.25, -0.2) is 0 Å². The molecule has 0 aromatic heterocycles. The first-order valence-electron chi connectivity index (χ1n) is 4.60. The van der Waals surface area contributed by atoms with E-state index in [4.69, 9.17) is 5.11 Å². The summed E-state index contributed by atoms with van der Waals surface area (Å²) in [5.74, 6) is -0.837. The highest BCUT2D eigenvalue weighted by Crippen LogP contribution is 2.38. The maximum Gasteiger partial charge on any atom is 0.308 e. The van der Waals surface area contributed by atoms with Crippen molar-refractivity contribution in [3.8, 4) is 0 Å². The second-order valence-electron chi connectivity index (χ2n) is 3.59. The minimum Gasteiger partial charge on any atom is -0.481 e. The van der Waals surface area contributed by atoms with Gasteiger partial charge in [-0.05, 0) is 18.3 Å². The van der Waals surface area contributed by atoms with Crippen LogP contribution in [0.1, 0.15) is 26.7 Å². The summed E-state index contributed by atoms with van der Waals surface area (Å²) in [5, 5.41) is 12.1. The standard InChI is InChI=1S/C9H17NO2/c1-3-9(4-2)6-10-5-7(9)8(11)12/h7,10H,3-6H2,1-2H3,(H,11,12). The summed E-state index contributed by atoms with van der Waals surface area (Å²) in [4.78, 5) is 10.9. The van der Waals surface area contributed by atoms with Gasteiger partial charge in [0.15, 0.2) is 0 Å². The van der Waals surface area contributed by atoms with Crippen molar-refractivity contribution in [1.29, 1.82) is 0 Å². The van der Waals surface area contributed by atoms with Crippen LogP contribution in [0.4, 0.5) is 0 Å². The van der Waals surface area contributed by atoms with Gasteiger partial charge in [0.1, 0.15) is 0 Å². The number of aliphatic carboxylic acids is 1. The van der Waals surface area contributed by atoms with E-state index in [-0.39, 0.29) is 11.3 Å². The van der Waals surface area contributed by atoms with Gasteiger partial charge in [0.25, 0.3) is 0 Å². The average molecular weight is 171 g/mol. The zero-order valence-electron chi connectivity index (χ0n) is 7.76. The number of nitrogens with one attached hydrogen (secondary N) is 1. The predicted molar refractivity (Wildman–Crippen MR) is 47.0 cm³/mol. The maximum atomic E-state index is 10.9. The highest BCUT2D eigenvalue weighted by molar-refractivity contribution is 5.72. The fraction of sp³-hybridized carbons (Fsp3) is 0.889. The summed E-state index contributed by atoms with van der Waals surface area (Å²) < 4.78 is 0. The zero-order chi connectivity index (χ0) is 9.19. The second kappa shape index (κ2) is 3.44. The third kappa shape index (κ3) is 1.33. The highest BCUT2D eigenvalue weighted by atomic mass is 16.4. The number of hydrogen-bond donors (Lipinski definition) is 2. The SMILES string of the molecule is CCC1(CC)CNCC1C(=O)O. The number of hydrogen-bond acceptors (Lipinski definition) is 2. The monoisotopic (exact) mass is 171 g/mol. The summed E-state index contributed by atoms with van der Waals surface area (Å²) in [6.07, 6.45) is 1.90. The Hall–Kier alpha value is -0.570. The molecule has 0 saturated carbocycles. The molecule has 0 radical (unpaired) electrons. The van der Waals surface area contributed by atoms with Crippen molar-refractivity contribution >= 4 is 5.97 Å². The Balaban J connectivity index is 2.78. The van der Waals surface area contributed by atoms with Gasteiger partial charge in [-0.2, -0.15) is 0 Å². The van der Waals surface area contributed by atoms with Crippen LogP contribution in [0.3, 0.4) is 0 Å². The Labute approximate surface area is 73.2 Å². The average Bonchev–Trinajstić information content (AvgIpc) is 2.48. The van der Waals surface area contributed by atoms with Crippen molar-refractivity contribution < 1.29 is 9.90 Å². The molecule has 0 aliphatic carbocycles. The molecule has 0 aromatic rings. The Kier molecular flexibility index (Phi) is 2.73. The Bertz CT molecular complexity index is 175. The van der Waals surface area contributed by atoms with E-state index in [0.29, 0.717) is 6.54 Å². The van der Waals surface area contributed by atoms with Gasteiger partial charge >= 0.3 is 5.97 Å². The van der Waals surface area contributed by atoms with E-state index in [0.717, 1.165) is 19.4 Å². The molecule has 1 heterocycles. The first-order chi connectivity index (χ1) is 5.66. The molecule has 1 aliphatic heterocycles. The Morgan fingerprint density at radius 1 is 1.58 bits per heavy atom. The summed E-state index contributed by atoms with van der Waals surface area (Å²) in [7, 11) is 0. The Morgan fingerprint density at radius 2 is 2.17 bits per heavy atom. The van der Waals surface area contributed by atoms with Crippen molar-refractivity contribution in [2.24, 2.45) is 11.3 Å².